The van der Waals surface area contributed by atoms with E-state index in [1.54, 1.807) is 11.3 Å². The molecule has 0 radical (unpaired) electrons. The molecule has 0 aromatic carbocycles. The van der Waals surface area contributed by atoms with E-state index in [1.807, 2.05) is 6.20 Å². The van der Waals surface area contributed by atoms with Crippen molar-refractivity contribution in [3.8, 4) is 0 Å². The number of hydrogen-bond donors (Lipinski definition) is 1. The fraction of sp³-hybridized carbons (Fsp3) is 0.727. The average molecular weight is 262 g/mol. The lowest BCUT2D eigenvalue weighted by molar-refractivity contribution is 0.134. The third-order valence-corrected chi connectivity index (χ3v) is 3.84. The van der Waals surface area contributed by atoms with Gasteiger partial charge in [0.05, 0.1) is 6.54 Å². The van der Waals surface area contributed by atoms with Gasteiger partial charge in [-0.2, -0.15) is 0 Å². The van der Waals surface area contributed by atoms with Crippen molar-refractivity contribution in [1.29, 1.82) is 0 Å². The van der Waals surface area contributed by atoms with E-state index in [4.69, 9.17) is 5.73 Å². The zero-order valence-corrected chi connectivity index (χ0v) is 11.1. The van der Waals surface area contributed by atoms with Gasteiger partial charge in [-0.1, -0.05) is 6.42 Å². The Hall–Kier alpha value is -0.160. The Morgan fingerprint density at radius 3 is 3.06 bits per heavy atom. The van der Waals surface area contributed by atoms with Gasteiger partial charge >= 0.3 is 0 Å². The Bertz CT molecular complexity index is 277. The third kappa shape index (κ3) is 3.70. The molecule has 5 heteroatoms. The van der Waals surface area contributed by atoms with Crippen LogP contribution in [0.15, 0.2) is 11.6 Å². The van der Waals surface area contributed by atoms with Gasteiger partial charge in [0.1, 0.15) is 5.01 Å². The van der Waals surface area contributed by atoms with E-state index in [-0.39, 0.29) is 12.4 Å². The maximum absolute atomic E-state index is 5.66. The van der Waals surface area contributed by atoms with Crippen LogP contribution in [0.2, 0.25) is 0 Å². The number of likely N-dealkylation sites (tertiary alicyclic amines) is 1. The molecule has 0 saturated carbocycles. The van der Waals surface area contributed by atoms with Gasteiger partial charge in [-0.15, -0.1) is 23.7 Å². The predicted octanol–water partition coefficient (Wildman–Crippen LogP) is 2.27. The molecule has 2 rings (SSSR count). The molecule has 2 heterocycles. The first-order valence-corrected chi connectivity index (χ1v) is 6.60. The van der Waals surface area contributed by atoms with E-state index in [0.717, 1.165) is 19.5 Å². The lowest BCUT2D eigenvalue weighted by Gasteiger charge is -2.34. The molecule has 0 aliphatic carbocycles. The highest BCUT2D eigenvalue weighted by Gasteiger charge is 2.22. The minimum atomic E-state index is 0. The molecule has 0 bridgehead atoms. The average Bonchev–Trinajstić information content (AvgIpc) is 2.74. The highest BCUT2D eigenvalue weighted by atomic mass is 35.5. The Morgan fingerprint density at radius 2 is 2.38 bits per heavy atom. The standard InChI is InChI=1S/C11H19N3S.ClH/c12-5-4-10-3-1-2-7-14(10)9-11-13-6-8-15-11;/h6,8,10H,1-5,7,9,12H2;1H. The van der Waals surface area contributed by atoms with Gasteiger partial charge in [-0.05, 0) is 32.4 Å². The van der Waals surface area contributed by atoms with Crippen LogP contribution in [0.25, 0.3) is 0 Å². The van der Waals surface area contributed by atoms with Crippen LogP contribution in [-0.2, 0) is 6.54 Å². The first-order valence-electron chi connectivity index (χ1n) is 5.72. The molecule has 1 atom stereocenters. The fourth-order valence-electron chi connectivity index (χ4n) is 2.29. The molecule has 1 aliphatic heterocycles. The lowest BCUT2D eigenvalue weighted by atomic mass is 9.99. The molecule has 1 saturated heterocycles. The molecule has 1 unspecified atom stereocenters. The van der Waals surface area contributed by atoms with Crippen LogP contribution in [0, 0.1) is 0 Å². The van der Waals surface area contributed by atoms with Crippen molar-refractivity contribution in [2.45, 2.75) is 38.3 Å². The number of rotatable bonds is 4. The SMILES string of the molecule is Cl.NCCC1CCCCN1Cc1nccs1. The molecule has 1 fully saturated rings. The van der Waals surface area contributed by atoms with Crippen LogP contribution in [-0.4, -0.2) is 29.0 Å². The molecule has 1 aliphatic rings. The topological polar surface area (TPSA) is 42.1 Å². The molecular weight excluding hydrogens is 242 g/mol. The summed E-state index contributed by atoms with van der Waals surface area (Å²) in [4.78, 5) is 6.90. The van der Waals surface area contributed by atoms with Gasteiger partial charge in [0.25, 0.3) is 0 Å². The Kier molecular flexibility index (Phi) is 6.28. The Balaban J connectivity index is 0.00000128. The molecule has 2 N–H and O–H groups in total. The quantitative estimate of drug-likeness (QED) is 0.904. The second kappa shape index (κ2) is 7.22. The summed E-state index contributed by atoms with van der Waals surface area (Å²) >= 11 is 1.75. The van der Waals surface area contributed by atoms with Gasteiger partial charge in [0.15, 0.2) is 0 Å². The summed E-state index contributed by atoms with van der Waals surface area (Å²) in [6.45, 7) is 3.03. The van der Waals surface area contributed by atoms with Gasteiger partial charge in [-0.3, -0.25) is 4.90 Å². The summed E-state index contributed by atoms with van der Waals surface area (Å²) in [5, 5.41) is 3.29. The first kappa shape index (κ1) is 13.9. The van der Waals surface area contributed by atoms with Gasteiger partial charge in [-0.25, -0.2) is 4.98 Å². The maximum Gasteiger partial charge on any atom is 0.107 e. The lowest BCUT2D eigenvalue weighted by Crippen LogP contribution is -2.40. The van der Waals surface area contributed by atoms with Crippen LogP contribution >= 0.6 is 23.7 Å². The molecule has 16 heavy (non-hydrogen) atoms. The van der Waals surface area contributed by atoms with Crippen LogP contribution in [0.5, 0.6) is 0 Å². The minimum absolute atomic E-state index is 0. The van der Waals surface area contributed by atoms with E-state index in [9.17, 15) is 0 Å². The molecule has 3 nitrogen and oxygen atoms in total. The largest absolute Gasteiger partial charge is 0.330 e. The van der Waals surface area contributed by atoms with Crippen molar-refractivity contribution in [3.63, 3.8) is 0 Å². The van der Waals surface area contributed by atoms with Gasteiger partial charge in [0.2, 0.25) is 0 Å². The van der Waals surface area contributed by atoms with E-state index >= 15 is 0 Å². The van der Waals surface area contributed by atoms with E-state index < -0.39 is 0 Å². The number of hydrogen-bond acceptors (Lipinski definition) is 4. The number of thiazole rings is 1. The first-order chi connectivity index (χ1) is 7.40. The zero-order chi connectivity index (χ0) is 10.5. The monoisotopic (exact) mass is 261 g/mol. The Labute approximate surface area is 107 Å². The summed E-state index contributed by atoms with van der Waals surface area (Å²) in [6, 6.07) is 0.688. The van der Waals surface area contributed by atoms with Crippen LogP contribution in [0.3, 0.4) is 0 Å². The van der Waals surface area contributed by atoms with Crippen molar-refractivity contribution < 1.29 is 0 Å². The number of halogens is 1. The second-order valence-corrected chi connectivity index (χ2v) is 5.10. The summed E-state index contributed by atoms with van der Waals surface area (Å²) in [5.41, 5.74) is 5.66. The fourth-order valence-corrected chi connectivity index (χ4v) is 2.93. The normalized spacial score (nSPS) is 21.7. The maximum atomic E-state index is 5.66. The molecule has 0 spiro atoms. The summed E-state index contributed by atoms with van der Waals surface area (Å²) in [7, 11) is 0. The van der Waals surface area contributed by atoms with Crippen molar-refractivity contribution in [2.75, 3.05) is 13.1 Å². The molecule has 92 valence electrons. The summed E-state index contributed by atoms with van der Waals surface area (Å²) in [6.07, 6.45) is 7.02. The van der Waals surface area contributed by atoms with E-state index in [1.165, 1.54) is 30.8 Å². The number of nitrogens with two attached hydrogens (primary N) is 1. The minimum Gasteiger partial charge on any atom is -0.330 e. The third-order valence-electron chi connectivity index (χ3n) is 3.07. The highest BCUT2D eigenvalue weighted by Crippen LogP contribution is 2.22. The summed E-state index contributed by atoms with van der Waals surface area (Å²) in [5.74, 6) is 0. The molecule has 1 aromatic heterocycles. The molecular formula is C11H20ClN3S. The van der Waals surface area contributed by atoms with Crippen molar-refractivity contribution in [3.05, 3.63) is 16.6 Å². The second-order valence-electron chi connectivity index (χ2n) is 4.12. The van der Waals surface area contributed by atoms with Gasteiger partial charge in [0, 0.05) is 17.6 Å². The Morgan fingerprint density at radius 1 is 1.50 bits per heavy atom. The molecule has 1 aromatic rings. The van der Waals surface area contributed by atoms with Crippen molar-refractivity contribution in [2.24, 2.45) is 5.73 Å². The summed E-state index contributed by atoms with van der Waals surface area (Å²) < 4.78 is 0. The number of piperidine rings is 1. The van der Waals surface area contributed by atoms with Crippen LogP contribution < -0.4 is 5.73 Å². The number of nitrogens with zero attached hydrogens (tertiary/aromatic N) is 2. The van der Waals surface area contributed by atoms with Crippen molar-refractivity contribution >= 4 is 23.7 Å². The zero-order valence-electron chi connectivity index (χ0n) is 9.47. The van der Waals surface area contributed by atoms with Crippen LogP contribution in [0.4, 0.5) is 0 Å². The van der Waals surface area contributed by atoms with Crippen LogP contribution in [0.1, 0.15) is 30.7 Å². The smallest absolute Gasteiger partial charge is 0.107 e. The van der Waals surface area contributed by atoms with Gasteiger partial charge < -0.3 is 5.73 Å². The molecule has 0 amide bonds. The highest BCUT2D eigenvalue weighted by molar-refractivity contribution is 7.09. The predicted molar refractivity (Wildman–Crippen MR) is 71.1 cm³/mol. The van der Waals surface area contributed by atoms with E-state index in [0.29, 0.717) is 6.04 Å². The number of aromatic nitrogens is 1. The van der Waals surface area contributed by atoms with E-state index in [2.05, 4.69) is 15.3 Å². The van der Waals surface area contributed by atoms with Crippen molar-refractivity contribution in [1.82, 2.24) is 9.88 Å².